The third-order valence-corrected chi connectivity index (χ3v) is 5.96. The average molecular weight is 444 g/mol. The topological polar surface area (TPSA) is 93.3 Å². The van der Waals surface area contributed by atoms with Crippen molar-refractivity contribution in [2.45, 2.75) is 44.9 Å². The summed E-state index contributed by atoms with van der Waals surface area (Å²) in [6, 6.07) is 18.1. The molecule has 1 N–H and O–H groups in total. The predicted octanol–water partition coefficient (Wildman–Crippen LogP) is 3.38. The van der Waals surface area contributed by atoms with Crippen molar-refractivity contribution in [2.75, 3.05) is 0 Å². The van der Waals surface area contributed by atoms with Crippen molar-refractivity contribution in [2.24, 2.45) is 0 Å². The standard InChI is InChI=1S/C25H25N5O3/c1-17-7-2-3-9-20(17)24(25(32)26-15-19-8-6-14-33-19)30(18-12-13-18)23(31)16-29-22-11-5-4-10-21(22)27-28-29/h2-11,14,18,24H,12-13,15-16H2,1H3,(H,26,32)/t24-/m1/s1. The molecule has 1 aliphatic rings. The van der Waals surface area contributed by atoms with Crippen LogP contribution in [0.2, 0.25) is 0 Å². The van der Waals surface area contributed by atoms with Gasteiger partial charge in [-0.2, -0.15) is 0 Å². The van der Waals surface area contributed by atoms with Crippen molar-refractivity contribution >= 4 is 22.8 Å². The molecule has 2 aromatic carbocycles. The highest BCUT2D eigenvalue weighted by molar-refractivity contribution is 5.90. The molecular formula is C25H25N5O3. The monoisotopic (exact) mass is 443 g/mol. The molecule has 5 rings (SSSR count). The Morgan fingerprint density at radius 1 is 1.12 bits per heavy atom. The van der Waals surface area contributed by atoms with E-state index in [0.29, 0.717) is 5.76 Å². The number of hydrogen-bond donors (Lipinski definition) is 1. The van der Waals surface area contributed by atoms with Crippen molar-refractivity contribution in [3.05, 3.63) is 83.8 Å². The van der Waals surface area contributed by atoms with Gasteiger partial charge in [0.05, 0.1) is 18.3 Å². The number of carbonyl (C=O) groups is 2. The minimum absolute atomic E-state index is 0.0187. The molecule has 33 heavy (non-hydrogen) atoms. The van der Waals surface area contributed by atoms with Gasteiger partial charge in [0.1, 0.15) is 23.9 Å². The van der Waals surface area contributed by atoms with E-state index in [1.54, 1.807) is 21.9 Å². The number of furan rings is 1. The van der Waals surface area contributed by atoms with Crippen LogP contribution in [0.1, 0.15) is 35.8 Å². The lowest BCUT2D eigenvalue weighted by Crippen LogP contribution is -2.46. The number of carbonyl (C=O) groups excluding carboxylic acids is 2. The van der Waals surface area contributed by atoms with Crippen LogP contribution in [0.5, 0.6) is 0 Å². The Kier molecular flexibility index (Phi) is 5.64. The van der Waals surface area contributed by atoms with Gasteiger partial charge in [-0.3, -0.25) is 9.59 Å². The first-order valence-corrected chi connectivity index (χ1v) is 11.1. The normalized spacial score (nSPS) is 14.2. The van der Waals surface area contributed by atoms with Crippen LogP contribution in [0.15, 0.2) is 71.3 Å². The molecule has 0 bridgehead atoms. The zero-order chi connectivity index (χ0) is 22.8. The molecule has 8 nitrogen and oxygen atoms in total. The summed E-state index contributed by atoms with van der Waals surface area (Å²) in [6.45, 7) is 2.24. The molecule has 2 heterocycles. The van der Waals surface area contributed by atoms with Gasteiger partial charge in [0.2, 0.25) is 11.8 Å². The van der Waals surface area contributed by atoms with Crippen LogP contribution in [-0.4, -0.2) is 37.7 Å². The largest absolute Gasteiger partial charge is 0.467 e. The van der Waals surface area contributed by atoms with Crippen molar-refractivity contribution in [1.29, 1.82) is 0 Å². The van der Waals surface area contributed by atoms with Crippen LogP contribution < -0.4 is 5.32 Å². The van der Waals surface area contributed by atoms with Crippen molar-refractivity contribution < 1.29 is 14.0 Å². The molecule has 0 aliphatic heterocycles. The van der Waals surface area contributed by atoms with E-state index < -0.39 is 6.04 Å². The minimum Gasteiger partial charge on any atom is -0.467 e. The Morgan fingerprint density at radius 3 is 2.67 bits per heavy atom. The molecule has 2 aromatic heterocycles. The first kappa shape index (κ1) is 20.9. The van der Waals surface area contributed by atoms with Gasteiger partial charge in [-0.25, -0.2) is 4.68 Å². The molecule has 1 atom stereocenters. The van der Waals surface area contributed by atoms with Gasteiger partial charge in [-0.05, 0) is 55.2 Å². The molecule has 0 radical (unpaired) electrons. The lowest BCUT2D eigenvalue weighted by atomic mass is 9.98. The molecule has 1 saturated carbocycles. The van der Waals surface area contributed by atoms with Gasteiger partial charge >= 0.3 is 0 Å². The molecule has 1 aliphatic carbocycles. The number of benzene rings is 2. The molecule has 1 fully saturated rings. The predicted molar refractivity (Wildman–Crippen MR) is 122 cm³/mol. The van der Waals surface area contributed by atoms with Crippen LogP contribution in [-0.2, 0) is 22.7 Å². The van der Waals surface area contributed by atoms with E-state index in [4.69, 9.17) is 4.42 Å². The molecule has 4 aromatic rings. The van der Waals surface area contributed by atoms with Gasteiger partial charge in [-0.1, -0.05) is 41.6 Å². The zero-order valence-corrected chi connectivity index (χ0v) is 18.3. The quantitative estimate of drug-likeness (QED) is 0.451. The maximum Gasteiger partial charge on any atom is 0.247 e. The summed E-state index contributed by atoms with van der Waals surface area (Å²) < 4.78 is 6.96. The van der Waals surface area contributed by atoms with E-state index in [1.165, 1.54) is 0 Å². The Labute approximate surface area is 191 Å². The third-order valence-electron chi connectivity index (χ3n) is 5.96. The second-order valence-corrected chi connectivity index (χ2v) is 8.32. The third kappa shape index (κ3) is 4.37. The number of hydrogen-bond acceptors (Lipinski definition) is 5. The molecular weight excluding hydrogens is 418 g/mol. The Hall–Kier alpha value is -3.94. The molecule has 2 amide bonds. The van der Waals surface area contributed by atoms with E-state index in [2.05, 4.69) is 15.6 Å². The fourth-order valence-corrected chi connectivity index (χ4v) is 4.15. The molecule has 168 valence electrons. The van der Waals surface area contributed by atoms with Gasteiger partial charge in [0.15, 0.2) is 0 Å². The number of rotatable bonds is 8. The molecule has 8 heteroatoms. The summed E-state index contributed by atoms with van der Waals surface area (Å²) in [5.41, 5.74) is 3.30. The SMILES string of the molecule is Cc1ccccc1[C@H](C(=O)NCc1ccco1)N(C(=O)Cn1nnc2ccccc21)C1CC1. The van der Waals surface area contributed by atoms with E-state index in [0.717, 1.165) is 35.0 Å². The Balaban J connectivity index is 1.46. The number of nitrogens with zero attached hydrogens (tertiary/aromatic N) is 4. The maximum atomic E-state index is 13.6. The van der Waals surface area contributed by atoms with Gasteiger partial charge < -0.3 is 14.6 Å². The van der Waals surface area contributed by atoms with Crippen LogP contribution in [0, 0.1) is 6.92 Å². The number of amides is 2. The van der Waals surface area contributed by atoms with Gasteiger partial charge in [-0.15, -0.1) is 5.10 Å². The summed E-state index contributed by atoms with van der Waals surface area (Å²) in [5.74, 6) is 0.268. The smallest absolute Gasteiger partial charge is 0.247 e. The number of aromatic nitrogens is 3. The minimum atomic E-state index is -0.740. The summed E-state index contributed by atoms with van der Waals surface area (Å²) in [4.78, 5) is 28.9. The van der Waals surface area contributed by atoms with E-state index >= 15 is 0 Å². The lowest BCUT2D eigenvalue weighted by Gasteiger charge is -2.32. The number of nitrogens with one attached hydrogen (secondary N) is 1. The first-order chi connectivity index (χ1) is 16.1. The van der Waals surface area contributed by atoms with E-state index in [-0.39, 0.29) is 30.9 Å². The number of aryl methyl sites for hydroxylation is 1. The second kappa shape index (κ2) is 8.90. The van der Waals surface area contributed by atoms with Gasteiger partial charge in [0.25, 0.3) is 0 Å². The molecule has 0 spiro atoms. The summed E-state index contributed by atoms with van der Waals surface area (Å²) in [7, 11) is 0. The molecule has 0 unspecified atom stereocenters. The highest BCUT2D eigenvalue weighted by Gasteiger charge is 2.41. The average Bonchev–Trinajstić information content (AvgIpc) is 3.36. The summed E-state index contributed by atoms with van der Waals surface area (Å²) in [5, 5.41) is 11.3. The van der Waals surface area contributed by atoms with Crippen molar-refractivity contribution in [3.63, 3.8) is 0 Å². The summed E-state index contributed by atoms with van der Waals surface area (Å²) >= 11 is 0. The number of para-hydroxylation sites is 1. The van der Waals surface area contributed by atoms with Crippen LogP contribution in [0.4, 0.5) is 0 Å². The van der Waals surface area contributed by atoms with Crippen LogP contribution in [0.25, 0.3) is 11.0 Å². The van der Waals surface area contributed by atoms with Crippen molar-refractivity contribution in [1.82, 2.24) is 25.2 Å². The molecule has 0 saturated heterocycles. The lowest BCUT2D eigenvalue weighted by molar-refractivity contribution is -0.142. The van der Waals surface area contributed by atoms with Crippen LogP contribution in [0.3, 0.4) is 0 Å². The highest BCUT2D eigenvalue weighted by Crippen LogP contribution is 2.36. The Bertz CT molecular complexity index is 1280. The fourth-order valence-electron chi connectivity index (χ4n) is 4.15. The van der Waals surface area contributed by atoms with E-state index in [1.807, 2.05) is 61.5 Å². The second-order valence-electron chi connectivity index (χ2n) is 8.32. The summed E-state index contributed by atoms with van der Waals surface area (Å²) in [6.07, 6.45) is 3.32. The van der Waals surface area contributed by atoms with Crippen molar-refractivity contribution in [3.8, 4) is 0 Å². The Morgan fingerprint density at radius 2 is 1.91 bits per heavy atom. The maximum absolute atomic E-state index is 13.6. The number of fused-ring (bicyclic) bond motifs is 1. The zero-order valence-electron chi connectivity index (χ0n) is 18.3. The van der Waals surface area contributed by atoms with Crippen LogP contribution >= 0.6 is 0 Å². The fraction of sp³-hybridized carbons (Fsp3) is 0.280. The van der Waals surface area contributed by atoms with E-state index in [9.17, 15) is 9.59 Å². The highest BCUT2D eigenvalue weighted by atomic mass is 16.3. The van der Waals surface area contributed by atoms with Gasteiger partial charge in [0, 0.05) is 6.04 Å². The first-order valence-electron chi connectivity index (χ1n) is 11.1.